The molecular formula is C19H17N3O3. The van der Waals surface area contributed by atoms with Crippen molar-refractivity contribution in [2.75, 3.05) is 5.32 Å². The summed E-state index contributed by atoms with van der Waals surface area (Å²) >= 11 is 0. The van der Waals surface area contributed by atoms with Crippen molar-refractivity contribution in [3.63, 3.8) is 0 Å². The summed E-state index contributed by atoms with van der Waals surface area (Å²) in [6.07, 6.45) is 0.0902. The summed E-state index contributed by atoms with van der Waals surface area (Å²) in [5.41, 5.74) is 8.76. The van der Waals surface area contributed by atoms with Crippen LogP contribution < -0.4 is 11.1 Å². The van der Waals surface area contributed by atoms with Gasteiger partial charge in [-0.1, -0.05) is 35.0 Å². The SMILES string of the molecule is Cc1ccc(-c2cc(CC(=O)Nc3ccc(C(N)=O)cc3)no2)cc1. The van der Waals surface area contributed by atoms with Gasteiger partial charge in [-0.15, -0.1) is 0 Å². The molecule has 126 valence electrons. The van der Waals surface area contributed by atoms with E-state index in [1.807, 2.05) is 31.2 Å². The van der Waals surface area contributed by atoms with E-state index in [0.29, 0.717) is 22.7 Å². The molecule has 0 aliphatic rings. The molecule has 3 rings (SSSR count). The molecule has 0 radical (unpaired) electrons. The molecule has 0 spiro atoms. The van der Waals surface area contributed by atoms with Crippen LogP contribution in [0, 0.1) is 6.92 Å². The number of amides is 2. The minimum atomic E-state index is -0.510. The highest BCUT2D eigenvalue weighted by Gasteiger charge is 2.11. The number of carbonyl (C=O) groups excluding carboxylic acids is 2. The lowest BCUT2D eigenvalue weighted by Gasteiger charge is -2.04. The normalized spacial score (nSPS) is 10.4. The van der Waals surface area contributed by atoms with Crippen LogP contribution in [0.1, 0.15) is 21.6 Å². The number of nitrogens with one attached hydrogen (secondary N) is 1. The van der Waals surface area contributed by atoms with E-state index < -0.39 is 5.91 Å². The quantitative estimate of drug-likeness (QED) is 0.749. The Morgan fingerprint density at radius 1 is 1.08 bits per heavy atom. The van der Waals surface area contributed by atoms with E-state index in [0.717, 1.165) is 11.1 Å². The second kappa shape index (κ2) is 7.00. The molecule has 0 aliphatic heterocycles. The molecule has 0 bridgehead atoms. The number of hydrogen-bond acceptors (Lipinski definition) is 4. The van der Waals surface area contributed by atoms with Gasteiger partial charge in [0.25, 0.3) is 0 Å². The number of rotatable bonds is 5. The van der Waals surface area contributed by atoms with Gasteiger partial charge in [-0.25, -0.2) is 0 Å². The Kier molecular flexibility index (Phi) is 4.61. The average molecular weight is 335 g/mol. The van der Waals surface area contributed by atoms with Gasteiger partial charge in [-0.3, -0.25) is 9.59 Å². The van der Waals surface area contributed by atoms with Crippen LogP contribution in [0.5, 0.6) is 0 Å². The van der Waals surface area contributed by atoms with Crippen molar-refractivity contribution >= 4 is 17.5 Å². The van der Waals surface area contributed by atoms with E-state index in [1.165, 1.54) is 0 Å². The fourth-order valence-corrected chi connectivity index (χ4v) is 2.34. The molecule has 1 heterocycles. The van der Waals surface area contributed by atoms with Crippen LogP contribution in [0.2, 0.25) is 0 Å². The molecule has 0 fully saturated rings. The second-order valence-corrected chi connectivity index (χ2v) is 5.72. The number of nitrogens with two attached hydrogens (primary N) is 1. The van der Waals surface area contributed by atoms with Crippen molar-refractivity contribution in [1.82, 2.24) is 5.16 Å². The fourth-order valence-electron chi connectivity index (χ4n) is 2.34. The third-order valence-corrected chi connectivity index (χ3v) is 3.69. The Morgan fingerprint density at radius 3 is 2.40 bits per heavy atom. The lowest BCUT2D eigenvalue weighted by molar-refractivity contribution is -0.115. The number of aromatic nitrogens is 1. The van der Waals surface area contributed by atoms with E-state index in [-0.39, 0.29) is 12.3 Å². The third kappa shape index (κ3) is 4.11. The maximum absolute atomic E-state index is 12.1. The zero-order valence-electron chi connectivity index (χ0n) is 13.7. The van der Waals surface area contributed by atoms with Crippen molar-refractivity contribution in [3.05, 3.63) is 71.4 Å². The highest BCUT2D eigenvalue weighted by Crippen LogP contribution is 2.21. The van der Waals surface area contributed by atoms with E-state index in [2.05, 4.69) is 10.5 Å². The fraction of sp³-hybridized carbons (Fsp3) is 0.105. The van der Waals surface area contributed by atoms with Crippen LogP contribution in [-0.4, -0.2) is 17.0 Å². The summed E-state index contributed by atoms with van der Waals surface area (Å²) in [5.74, 6) is -0.117. The molecule has 1 aromatic heterocycles. The first-order valence-corrected chi connectivity index (χ1v) is 7.73. The molecule has 0 unspecified atom stereocenters. The van der Waals surface area contributed by atoms with Crippen molar-refractivity contribution in [1.29, 1.82) is 0 Å². The van der Waals surface area contributed by atoms with E-state index in [9.17, 15) is 9.59 Å². The summed E-state index contributed by atoms with van der Waals surface area (Å²) in [4.78, 5) is 23.1. The molecule has 0 saturated carbocycles. The topological polar surface area (TPSA) is 98.2 Å². The van der Waals surface area contributed by atoms with Crippen LogP contribution in [-0.2, 0) is 11.2 Å². The van der Waals surface area contributed by atoms with Crippen LogP contribution >= 0.6 is 0 Å². The summed E-state index contributed by atoms with van der Waals surface area (Å²) in [5, 5.41) is 6.68. The lowest BCUT2D eigenvalue weighted by atomic mass is 10.1. The van der Waals surface area contributed by atoms with E-state index in [1.54, 1.807) is 30.3 Å². The zero-order valence-corrected chi connectivity index (χ0v) is 13.7. The van der Waals surface area contributed by atoms with Gasteiger partial charge in [0.1, 0.15) is 0 Å². The van der Waals surface area contributed by atoms with Gasteiger partial charge < -0.3 is 15.6 Å². The standard InChI is InChI=1S/C19H17N3O3/c1-12-2-4-13(5-3-12)17-10-16(22-25-17)11-18(23)21-15-8-6-14(7-9-15)19(20)24/h2-10H,11H2,1H3,(H2,20,24)(H,21,23). The Morgan fingerprint density at radius 2 is 1.76 bits per heavy atom. The first kappa shape index (κ1) is 16.4. The number of primary amides is 1. The molecule has 6 heteroatoms. The first-order chi connectivity index (χ1) is 12.0. The Hall–Kier alpha value is -3.41. The number of aryl methyl sites for hydroxylation is 1. The highest BCUT2D eigenvalue weighted by molar-refractivity contribution is 5.95. The highest BCUT2D eigenvalue weighted by atomic mass is 16.5. The number of nitrogens with zero attached hydrogens (tertiary/aromatic N) is 1. The van der Waals surface area contributed by atoms with Crippen LogP contribution in [0.25, 0.3) is 11.3 Å². The number of benzene rings is 2. The molecule has 6 nitrogen and oxygen atoms in total. The Bertz CT molecular complexity index is 896. The number of anilines is 1. The maximum atomic E-state index is 12.1. The third-order valence-electron chi connectivity index (χ3n) is 3.69. The van der Waals surface area contributed by atoms with Gasteiger partial charge in [-0.05, 0) is 31.2 Å². The van der Waals surface area contributed by atoms with Gasteiger partial charge in [0.15, 0.2) is 5.76 Å². The molecule has 0 aliphatic carbocycles. The summed E-state index contributed by atoms with van der Waals surface area (Å²) in [6, 6.07) is 16.0. The molecule has 0 atom stereocenters. The second-order valence-electron chi connectivity index (χ2n) is 5.72. The summed E-state index contributed by atoms with van der Waals surface area (Å²) in [7, 11) is 0. The van der Waals surface area contributed by atoms with Crippen molar-refractivity contribution in [2.45, 2.75) is 13.3 Å². The van der Waals surface area contributed by atoms with E-state index in [4.69, 9.17) is 10.3 Å². The first-order valence-electron chi connectivity index (χ1n) is 7.73. The largest absolute Gasteiger partial charge is 0.366 e. The molecule has 3 N–H and O–H groups in total. The van der Waals surface area contributed by atoms with Gasteiger partial charge in [0.05, 0.1) is 12.1 Å². The Labute approximate surface area is 144 Å². The van der Waals surface area contributed by atoms with Gasteiger partial charge in [-0.2, -0.15) is 0 Å². The molecule has 2 aromatic carbocycles. The summed E-state index contributed by atoms with van der Waals surface area (Å²) < 4.78 is 5.30. The number of hydrogen-bond donors (Lipinski definition) is 2. The van der Waals surface area contributed by atoms with Crippen molar-refractivity contribution < 1.29 is 14.1 Å². The maximum Gasteiger partial charge on any atom is 0.248 e. The molecule has 25 heavy (non-hydrogen) atoms. The monoisotopic (exact) mass is 335 g/mol. The molecule has 2 amide bonds. The molecular weight excluding hydrogens is 318 g/mol. The predicted molar refractivity (Wildman–Crippen MR) is 94.0 cm³/mol. The van der Waals surface area contributed by atoms with Gasteiger partial charge >= 0.3 is 0 Å². The molecule has 0 saturated heterocycles. The van der Waals surface area contributed by atoms with Crippen LogP contribution in [0.15, 0.2) is 59.1 Å². The van der Waals surface area contributed by atoms with Gasteiger partial charge in [0.2, 0.25) is 11.8 Å². The van der Waals surface area contributed by atoms with Crippen LogP contribution in [0.4, 0.5) is 5.69 Å². The minimum Gasteiger partial charge on any atom is -0.366 e. The Balaban J connectivity index is 1.63. The zero-order chi connectivity index (χ0) is 17.8. The lowest BCUT2D eigenvalue weighted by Crippen LogP contribution is -2.15. The molecule has 3 aromatic rings. The minimum absolute atomic E-state index is 0.0902. The van der Waals surface area contributed by atoms with Crippen LogP contribution in [0.3, 0.4) is 0 Å². The average Bonchev–Trinajstić information content (AvgIpc) is 3.04. The smallest absolute Gasteiger partial charge is 0.248 e. The summed E-state index contributed by atoms with van der Waals surface area (Å²) in [6.45, 7) is 2.01. The number of carbonyl (C=O) groups is 2. The van der Waals surface area contributed by atoms with Crippen molar-refractivity contribution in [3.8, 4) is 11.3 Å². The van der Waals surface area contributed by atoms with E-state index >= 15 is 0 Å². The van der Waals surface area contributed by atoms with Gasteiger partial charge in [0, 0.05) is 22.9 Å². The van der Waals surface area contributed by atoms with Crippen molar-refractivity contribution in [2.24, 2.45) is 5.73 Å². The predicted octanol–water partition coefficient (Wildman–Crippen LogP) is 2.93.